The van der Waals surface area contributed by atoms with E-state index in [-0.39, 0.29) is 53.5 Å². The third-order valence-corrected chi connectivity index (χ3v) is 7.74. The molecule has 0 radical (unpaired) electrons. The van der Waals surface area contributed by atoms with Gasteiger partial charge in [0.15, 0.2) is 17.3 Å². The molecule has 2 saturated heterocycles. The highest BCUT2D eigenvalue weighted by molar-refractivity contribution is 5.96. The number of hydrogen-bond acceptors (Lipinski definition) is 7. The molecular weight excluding hydrogens is 516 g/mol. The van der Waals surface area contributed by atoms with E-state index in [1.165, 1.54) is 4.52 Å². The molecule has 1 amide bonds. The van der Waals surface area contributed by atoms with Crippen molar-refractivity contribution >= 4 is 34.2 Å². The summed E-state index contributed by atoms with van der Waals surface area (Å²) in [7, 11) is 0. The number of alkyl halides is 2. The van der Waals surface area contributed by atoms with E-state index in [1.807, 2.05) is 6.92 Å². The number of hydrogen-bond donors (Lipinski definition) is 1. The maximum Gasteiger partial charge on any atom is 0.255 e. The summed E-state index contributed by atoms with van der Waals surface area (Å²) in [6.45, 7) is 4.50. The third-order valence-electron chi connectivity index (χ3n) is 7.74. The Bertz CT molecular complexity index is 1600. The minimum Gasteiger partial charge on any atom is -0.368 e. The van der Waals surface area contributed by atoms with Gasteiger partial charge < -0.3 is 15.5 Å². The summed E-state index contributed by atoms with van der Waals surface area (Å²) in [6, 6.07) is 5.21. The van der Waals surface area contributed by atoms with Crippen LogP contribution in [0.25, 0.3) is 16.6 Å². The molecule has 6 rings (SSSR count). The van der Waals surface area contributed by atoms with Gasteiger partial charge in [0.2, 0.25) is 12.4 Å². The van der Waals surface area contributed by atoms with Crippen molar-refractivity contribution in [1.82, 2.24) is 29.5 Å². The molecule has 9 nitrogen and oxygen atoms in total. The summed E-state index contributed by atoms with van der Waals surface area (Å²) >= 11 is 0. The van der Waals surface area contributed by atoms with Gasteiger partial charge >= 0.3 is 0 Å². The van der Waals surface area contributed by atoms with Crippen LogP contribution in [0.3, 0.4) is 0 Å². The van der Waals surface area contributed by atoms with Crippen molar-refractivity contribution in [2.45, 2.75) is 45.1 Å². The van der Waals surface area contributed by atoms with Crippen LogP contribution in [0.4, 0.5) is 29.3 Å². The van der Waals surface area contributed by atoms with E-state index in [0.717, 1.165) is 12.1 Å². The highest BCUT2D eigenvalue weighted by Gasteiger charge is 2.36. The number of aromatic nitrogens is 5. The molecule has 0 saturated carbocycles. The number of amides is 1. The summed E-state index contributed by atoms with van der Waals surface area (Å²) < 4.78 is 55.3. The lowest BCUT2D eigenvalue weighted by atomic mass is 9.92. The zero-order valence-corrected chi connectivity index (χ0v) is 21.3. The van der Waals surface area contributed by atoms with Gasteiger partial charge in [-0.05, 0) is 44.9 Å². The second kappa shape index (κ2) is 9.31. The largest absolute Gasteiger partial charge is 0.368 e. The van der Waals surface area contributed by atoms with Crippen molar-refractivity contribution in [2.24, 2.45) is 5.92 Å². The van der Waals surface area contributed by atoms with E-state index in [1.54, 1.807) is 28.9 Å². The third kappa shape index (κ3) is 4.29. The van der Waals surface area contributed by atoms with Crippen molar-refractivity contribution in [3.63, 3.8) is 0 Å². The van der Waals surface area contributed by atoms with Crippen molar-refractivity contribution < 1.29 is 22.4 Å². The first-order chi connectivity index (χ1) is 18.6. The van der Waals surface area contributed by atoms with Crippen LogP contribution in [0.2, 0.25) is 0 Å². The molecule has 2 atom stereocenters. The Hall–Kier alpha value is -4.03. The first kappa shape index (κ1) is 25.3. The lowest BCUT2D eigenvalue weighted by Crippen LogP contribution is -2.50. The number of aryl methyl sites for hydroxylation is 1. The Morgan fingerprint density at radius 3 is 2.56 bits per heavy atom. The number of pyridine rings is 1. The van der Waals surface area contributed by atoms with Gasteiger partial charge in [-0.25, -0.2) is 32.5 Å². The van der Waals surface area contributed by atoms with Crippen LogP contribution in [0.15, 0.2) is 24.3 Å². The quantitative estimate of drug-likeness (QED) is 0.390. The fourth-order valence-electron chi connectivity index (χ4n) is 5.41. The molecule has 13 heteroatoms. The van der Waals surface area contributed by atoms with Crippen molar-refractivity contribution in [3.8, 4) is 0 Å². The lowest BCUT2D eigenvalue weighted by Gasteiger charge is -2.40. The second-order valence-electron chi connectivity index (χ2n) is 10.3. The molecule has 5 heterocycles. The van der Waals surface area contributed by atoms with Crippen molar-refractivity contribution in [3.05, 3.63) is 53.0 Å². The highest BCUT2D eigenvalue weighted by atomic mass is 19.3. The number of halogens is 4. The molecule has 2 fully saturated rings. The first-order valence-corrected chi connectivity index (χ1v) is 12.7. The number of carbonyl (C=O) groups is 1. The number of anilines is 2. The average Bonchev–Trinajstić information content (AvgIpc) is 3.30. The predicted octanol–water partition coefficient (Wildman–Crippen LogP) is 3.95. The van der Waals surface area contributed by atoms with Gasteiger partial charge in [-0.3, -0.25) is 4.79 Å². The Kier molecular flexibility index (Phi) is 6.03. The number of likely N-dealkylation sites (tertiary alicyclic amines) is 1. The molecular formula is C26H26F4N8O. The number of fused-ring (bicyclic) bond motifs is 3. The van der Waals surface area contributed by atoms with Gasteiger partial charge in [-0.1, -0.05) is 0 Å². The molecule has 4 aromatic rings. The normalized spacial score (nSPS) is 20.3. The van der Waals surface area contributed by atoms with E-state index in [4.69, 9.17) is 5.73 Å². The van der Waals surface area contributed by atoms with Gasteiger partial charge in [0.1, 0.15) is 17.2 Å². The number of piperidine rings is 1. The highest BCUT2D eigenvalue weighted by Crippen LogP contribution is 2.33. The molecule has 0 spiro atoms. The Morgan fingerprint density at radius 2 is 1.85 bits per heavy atom. The molecule has 3 aromatic heterocycles. The first-order valence-electron chi connectivity index (χ1n) is 12.7. The average molecular weight is 543 g/mol. The Balaban J connectivity index is 1.26. The summed E-state index contributed by atoms with van der Waals surface area (Å²) in [5.41, 5.74) is 7.06. The van der Waals surface area contributed by atoms with E-state index >= 15 is 0 Å². The van der Waals surface area contributed by atoms with Crippen LogP contribution < -0.4 is 10.6 Å². The van der Waals surface area contributed by atoms with Crippen molar-refractivity contribution in [1.29, 1.82) is 0 Å². The van der Waals surface area contributed by atoms with Crippen LogP contribution >= 0.6 is 0 Å². The van der Waals surface area contributed by atoms with E-state index in [9.17, 15) is 22.4 Å². The maximum absolute atomic E-state index is 14.3. The molecule has 2 N–H and O–H groups in total. The number of rotatable bonds is 4. The standard InChI is InChI=1S/C26H26F4N8O/c1-12-3-4-14(23-34-24-18-7-16(27)8-19(28)21(18)33-26(31)38(24)35-23)11-37(12)25(39)17-5-6-20(32-13(17)2)36-9-15(10-36)22(29)30/h5-8,12,14-15,22H,3-4,9-11H2,1-2H3,(H2,31,33)/t12-,14+/m0/s1. The predicted molar refractivity (Wildman–Crippen MR) is 136 cm³/mol. The van der Waals surface area contributed by atoms with Crippen LogP contribution in [0.1, 0.15) is 47.6 Å². The molecule has 2 aliphatic rings. The van der Waals surface area contributed by atoms with Gasteiger partial charge in [0.05, 0.1) is 22.6 Å². The van der Waals surface area contributed by atoms with Crippen LogP contribution in [-0.4, -0.2) is 67.5 Å². The number of benzene rings is 1. The van der Waals surface area contributed by atoms with Crippen LogP contribution in [0.5, 0.6) is 0 Å². The Labute approximate surface area is 220 Å². The summed E-state index contributed by atoms with van der Waals surface area (Å²) in [4.78, 5) is 30.2. The lowest BCUT2D eigenvalue weighted by molar-refractivity contribution is 0.0605. The molecule has 0 unspecified atom stereocenters. The minimum atomic E-state index is -2.35. The van der Waals surface area contributed by atoms with E-state index in [2.05, 4.69) is 20.1 Å². The smallest absolute Gasteiger partial charge is 0.255 e. The summed E-state index contributed by atoms with van der Waals surface area (Å²) in [5, 5.41) is 4.64. The van der Waals surface area contributed by atoms with Gasteiger partial charge in [-0.15, -0.1) is 5.10 Å². The molecule has 204 valence electrons. The van der Waals surface area contributed by atoms with Gasteiger partial charge in [0.25, 0.3) is 5.91 Å². The zero-order chi connectivity index (χ0) is 27.6. The number of carbonyl (C=O) groups excluding carboxylic acids is 1. The zero-order valence-electron chi connectivity index (χ0n) is 21.3. The summed E-state index contributed by atoms with van der Waals surface area (Å²) in [6.07, 6.45) is -0.962. The SMILES string of the molecule is Cc1nc(N2CC(C(F)F)C2)ccc1C(=O)N1C[C@H](c2nc3c4cc(F)cc(F)c4nc(N)n3n2)CC[C@@H]1C. The maximum atomic E-state index is 14.3. The molecule has 0 aliphatic carbocycles. The van der Waals surface area contributed by atoms with Gasteiger partial charge in [0, 0.05) is 37.7 Å². The molecule has 2 aliphatic heterocycles. The fourth-order valence-corrected chi connectivity index (χ4v) is 5.41. The minimum absolute atomic E-state index is 0.0530. The van der Waals surface area contributed by atoms with E-state index < -0.39 is 24.0 Å². The topological polar surface area (TPSA) is 106 Å². The number of nitrogen functional groups attached to an aromatic ring is 1. The monoisotopic (exact) mass is 542 g/mol. The molecule has 39 heavy (non-hydrogen) atoms. The number of nitrogens with two attached hydrogens (primary N) is 1. The number of nitrogens with zero attached hydrogens (tertiary/aromatic N) is 7. The van der Waals surface area contributed by atoms with E-state index in [0.29, 0.717) is 42.3 Å². The molecule has 1 aromatic carbocycles. The second-order valence-corrected chi connectivity index (χ2v) is 10.3. The molecule has 0 bridgehead atoms. The van der Waals surface area contributed by atoms with Crippen molar-refractivity contribution in [2.75, 3.05) is 30.3 Å². The van der Waals surface area contributed by atoms with Crippen LogP contribution in [0, 0.1) is 24.5 Å². The summed E-state index contributed by atoms with van der Waals surface area (Å²) in [5.74, 6) is -1.80. The fraction of sp³-hybridized carbons (Fsp3) is 0.423. The Morgan fingerprint density at radius 1 is 1.08 bits per heavy atom. The van der Waals surface area contributed by atoms with Crippen LogP contribution in [-0.2, 0) is 0 Å². The van der Waals surface area contributed by atoms with Gasteiger partial charge in [-0.2, -0.15) is 4.52 Å².